The summed E-state index contributed by atoms with van der Waals surface area (Å²) >= 11 is 6.06. The third-order valence-electron chi connectivity index (χ3n) is 3.67. The van der Waals surface area contributed by atoms with Crippen LogP contribution in [0.1, 0.15) is 19.4 Å². The molecule has 0 aliphatic heterocycles. The highest BCUT2D eigenvalue weighted by Crippen LogP contribution is 2.22. The van der Waals surface area contributed by atoms with Crippen LogP contribution in [0.25, 0.3) is 0 Å². The Balaban J connectivity index is 1.88. The number of halogens is 1. The Morgan fingerprint density at radius 2 is 1.60 bits per heavy atom. The molecule has 0 radical (unpaired) electrons. The molecule has 2 aromatic rings. The number of benzene rings is 2. The number of anilines is 3. The molecule has 2 aromatic carbocycles. The molecule has 0 saturated heterocycles. The predicted molar refractivity (Wildman–Crippen MR) is 103 cm³/mol. The summed E-state index contributed by atoms with van der Waals surface area (Å²) in [5.74, 6) is -0.295. The molecule has 5 nitrogen and oxygen atoms in total. The number of carbonyl (C=O) groups excluding carboxylic acids is 2. The molecule has 132 valence electrons. The molecule has 0 atom stereocenters. The van der Waals surface area contributed by atoms with Crippen molar-refractivity contribution in [2.75, 3.05) is 22.5 Å². The first-order valence-corrected chi connectivity index (χ1v) is 8.44. The lowest BCUT2D eigenvalue weighted by Crippen LogP contribution is -2.22. The van der Waals surface area contributed by atoms with Crippen molar-refractivity contribution in [1.29, 1.82) is 0 Å². The van der Waals surface area contributed by atoms with Crippen molar-refractivity contribution >= 4 is 40.5 Å². The molecule has 25 heavy (non-hydrogen) atoms. The van der Waals surface area contributed by atoms with Gasteiger partial charge < -0.3 is 16.0 Å². The monoisotopic (exact) mass is 359 g/mol. The van der Waals surface area contributed by atoms with Crippen molar-refractivity contribution in [3.05, 3.63) is 53.1 Å². The number of carbonyl (C=O) groups is 2. The summed E-state index contributed by atoms with van der Waals surface area (Å²) < 4.78 is 0. The number of hydrogen-bond donors (Lipinski definition) is 3. The molecular weight excluding hydrogens is 338 g/mol. The predicted octanol–water partition coefficient (Wildman–Crippen LogP) is 4.29. The molecule has 0 fully saturated rings. The summed E-state index contributed by atoms with van der Waals surface area (Å²) in [6.07, 6.45) is 0. The van der Waals surface area contributed by atoms with Gasteiger partial charge in [-0.15, -0.1) is 0 Å². The maximum Gasteiger partial charge on any atom is 0.243 e. The first-order chi connectivity index (χ1) is 11.9. The Hall–Kier alpha value is -2.53. The van der Waals surface area contributed by atoms with Gasteiger partial charge in [-0.25, -0.2) is 0 Å². The molecule has 0 unspecified atom stereocenters. The van der Waals surface area contributed by atoms with Gasteiger partial charge in [-0.1, -0.05) is 31.5 Å². The van der Waals surface area contributed by atoms with Crippen LogP contribution in [0.2, 0.25) is 5.02 Å². The minimum Gasteiger partial charge on any atom is -0.376 e. The lowest BCUT2D eigenvalue weighted by molar-refractivity contribution is -0.119. The zero-order valence-electron chi connectivity index (χ0n) is 14.5. The van der Waals surface area contributed by atoms with E-state index in [4.69, 9.17) is 11.6 Å². The van der Waals surface area contributed by atoms with Crippen LogP contribution in [0.5, 0.6) is 0 Å². The highest BCUT2D eigenvalue weighted by Gasteiger charge is 2.08. The van der Waals surface area contributed by atoms with E-state index in [1.807, 2.05) is 39.0 Å². The van der Waals surface area contributed by atoms with E-state index in [1.54, 1.807) is 24.3 Å². The van der Waals surface area contributed by atoms with Crippen molar-refractivity contribution in [3.63, 3.8) is 0 Å². The van der Waals surface area contributed by atoms with Gasteiger partial charge in [0.2, 0.25) is 11.8 Å². The molecular formula is C19H22ClN3O2. The van der Waals surface area contributed by atoms with E-state index < -0.39 is 0 Å². The summed E-state index contributed by atoms with van der Waals surface area (Å²) in [7, 11) is 0. The first-order valence-electron chi connectivity index (χ1n) is 8.06. The summed E-state index contributed by atoms with van der Waals surface area (Å²) in [4.78, 5) is 23.7. The number of hydrogen-bond acceptors (Lipinski definition) is 3. The molecule has 0 saturated carbocycles. The van der Waals surface area contributed by atoms with E-state index >= 15 is 0 Å². The summed E-state index contributed by atoms with van der Waals surface area (Å²) in [6.45, 7) is 5.69. The van der Waals surface area contributed by atoms with Gasteiger partial charge >= 0.3 is 0 Å². The zero-order valence-corrected chi connectivity index (χ0v) is 15.3. The smallest absolute Gasteiger partial charge is 0.243 e. The van der Waals surface area contributed by atoms with Gasteiger partial charge in [-0.05, 0) is 48.9 Å². The number of rotatable bonds is 6. The van der Waals surface area contributed by atoms with Crippen LogP contribution in [-0.4, -0.2) is 18.4 Å². The molecule has 0 bridgehead atoms. The molecule has 2 rings (SSSR count). The van der Waals surface area contributed by atoms with Crippen molar-refractivity contribution in [3.8, 4) is 0 Å². The van der Waals surface area contributed by atoms with Gasteiger partial charge in [0.1, 0.15) is 0 Å². The molecule has 0 spiro atoms. The number of amides is 2. The SMILES string of the molecule is Cc1c(Cl)cccc1NCC(=O)Nc1ccc(NC(=O)C(C)C)cc1. The lowest BCUT2D eigenvalue weighted by atomic mass is 10.2. The highest BCUT2D eigenvalue weighted by atomic mass is 35.5. The second-order valence-electron chi connectivity index (χ2n) is 6.04. The van der Waals surface area contributed by atoms with Gasteiger partial charge in [0.15, 0.2) is 0 Å². The van der Waals surface area contributed by atoms with Crippen LogP contribution in [0, 0.1) is 12.8 Å². The van der Waals surface area contributed by atoms with Gasteiger partial charge in [0.05, 0.1) is 6.54 Å². The fourth-order valence-electron chi connectivity index (χ4n) is 2.10. The molecule has 0 heterocycles. The molecule has 3 N–H and O–H groups in total. The maximum absolute atomic E-state index is 12.1. The van der Waals surface area contributed by atoms with E-state index in [2.05, 4.69) is 16.0 Å². The molecule has 0 aliphatic rings. The van der Waals surface area contributed by atoms with Gasteiger partial charge in [0, 0.05) is 28.0 Å². The van der Waals surface area contributed by atoms with Crippen molar-refractivity contribution in [2.24, 2.45) is 5.92 Å². The van der Waals surface area contributed by atoms with Gasteiger partial charge in [0.25, 0.3) is 0 Å². The molecule has 0 aliphatic carbocycles. The number of nitrogens with one attached hydrogen (secondary N) is 3. The van der Waals surface area contributed by atoms with E-state index in [0.717, 1.165) is 11.3 Å². The Morgan fingerprint density at radius 3 is 2.20 bits per heavy atom. The minimum atomic E-state index is -0.168. The van der Waals surface area contributed by atoms with Crippen molar-refractivity contribution < 1.29 is 9.59 Å². The summed E-state index contributed by atoms with van der Waals surface area (Å²) in [5.41, 5.74) is 3.10. The first kappa shape index (κ1) is 18.8. The van der Waals surface area contributed by atoms with Gasteiger partial charge in [-0.3, -0.25) is 9.59 Å². The third kappa shape index (κ3) is 5.50. The van der Waals surface area contributed by atoms with E-state index in [0.29, 0.717) is 16.4 Å². The van der Waals surface area contributed by atoms with Crippen LogP contribution < -0.4 is 16.0 Å². The van der Waals surface area contributed by atoms with Crippen LogP contribution in [0.4, 0.5) is 17.1 Å². The summed E-state index contributed by atoms with van der Waals surface area (Å²) in [5, 5.41) is 9.33. The van der Waals surface area contributed by atoms with Crippen molar-refractivity contribution in [2.45, 2.75) is 20.8 Å². The Bertz CT molecular complexity index is 758. The summed E-state index contributed by atoms with van der Waals surface area (Å²) in [6, 6.07) is 12.5. The molecule has 2 amide bonds. The fourth-order valence-corrected chi connectivity index (χ4v) is 2.28. The fraction of sp³-hybridized carbons (Fsp3) is 0.263. The Kier molecular flexibility index (Phi) is 6.42. The average Bonchev–Trinajstić information content (AvgIpc) is 2.58. The third-order valence-corrected chi connectivity index (χ3v) is 4.08. The second kappa shape index (κ2) is 8.53. The normalized spacial score (nSPS) is 10.4. The van der Waals surface area contributed by atoms with Crippen LogP contribution >= 0.6 is 11.6 Å². The van der Waals surface area contributed by atoms with Crippen LogP contribution in [0.15, 0.2) is 42.5 Å². The minimum absolute atomic E-state index is 0.0436. The van der Waals surface area contributed by atoms with Gasteiger partial charge in [-0.2, -0.15) is 0 Å². The molecule has 6 heteroatoms. The van der Waals surface area contributed by atoms with E-state index in [1.165, 1.54) is 0 Å². The van der Waals surface area contributed by atoms with Crippen LogP contribution in [0.3, 0.4) is 0 Å². The molecule has 0 aromatic heterocycles. The standard InChI is InChI=1S/C19H22ClN3O2/c1-12(2)19(25)23-15-9-7-14(8-10-15)22-18(24)11-21-17-6-4-5-16(20)13(17)3/h4-10,12,21H,11H2,1-3H3,(H,22,24)(H,23,25). The van der Waals surface area contributed by atoms with E-state index in [9.17, 15) is 9.59 Å². The average molecular weight is 360 g/mol. The quantitative estimate of drug-likeness (QED) is 0.720. The largest absolute Gasteiger partial charge is 0.376 e. The highest BCUT2D eigenvalue weighted by molar-refractivity contribution is 6.31. The maximum atomic E-state index is 12.1. The Morgan fingerprint density at radius 1 is 1.00 bits per heavy atom. The lowest BCUT2D eigenvalue weighted by Gasteiger charge is -2.12. The topological polar surface area (TPSA) is 70.2 Å². The van der Waals surface area contributed by atoms with Crippen molar-refractivity contribution in [1.82, 2.24) is 0 Å². The van der Waals surface area contributed by atoms with Crippen LogP contribution in [-0.2, 0) is 9.59 Å². The Labute approximate surface area is 152 Å². The zero-order chi connectivity index (χ0) is 18.4. The second-order valence-corrected chi connectivity index (χ2v) is 6.44. The van der Waals surface area contributed by atoms with E-state index in [-0.39, 0.29) is 24.3 Å².